The van der Waals surface area contributed by atoms with Gasteiger partial charge in [0.2, 0.25) is 5.24 Å². The van der Waals surface area contributed by atoms with E-state index in [2.05, 4.69) is 15.9 Å². The van der Waals surface area contributed by atoms with Crippen LogP contribution in [0.4, 0.5) is 13.2 Å². The zero-order valence-corrected chi connectivity index (χ0v) is 9.53. The first-order valence-corrected chi connectivity index (χ1v) is 5.12. The van der Waals surface area contributed by atoms with Crippen molar-refractivity contribution in [2.45, 2.75) is 11.0 Å². The number of benzene rings is 1. The topological polar surface area (TPSA) is 17.1 Å². The highest BCUT2D eigenvalue weighted by atomic mass is 79.9. The third-order valence-electron chi connectivity index (χ3n) is 1.73. The molecule has 1 aromatic carbocycles. The van der Waals surface area contributed by atoms with Gasteiger partial charge in [0.15, 0.2) is 0 Å². The van der Waals surface area contributed by atoms with Crippen molar-refractivity contribution in [3.63, 3.8) is 0 Å². The normalized spacial score (nSPS) is 13.7. The quantitative estimate of drug-likeness (QED) is 0.598. The summed E-state index contributed by atoms with van der Waals surface area (Å²) in [6.07, 6.45) is -4.37. The summed E-state index contributed by atoms with van der Waals surface area (Å²) in [4.78, 5) is 9.95. The monoisotopic (exact) mass is 300 g/mol. The molecular weight excluding hydrogens is 296 g/mol. The third-order valence-corrected chi connectivity index (χ3v) is 3.16. The zero-order chi connectivity index (χ0) is 11.6. The summed E-state index contributed by atoms with van der Waals surface area (Å²) in [7, 11) is 0. The number of halogens is 5. The lowest BCUT2D eigenvalue weighted by Crippen LogP contribution is -2.05. The highest BCUT2D eigenvalue weighted by Gasteiger charge is 2.30. The van der Waals surface area contributed by atoms with Gasteiger partial charge in [0, 0.05) is 0 Å². The zero-order valence-electron chi connectivity index (χ0n) is 7.18. The van der Waals surface area contributed by atoms with E-state index >= 15 is 0 Å². The smallest absolute Gasteiger partial charge is 0.280 e. The number of rotatable bonds is 2. The molecule has 0 aliphatic rings. The number of carbonyl (C=O) groups is 1. The second kappa shape index (κ2) is 4.53. The summed E-state index contributed by atoms with van der Waals surface area (Å²) < 4.78 is 36.5. The molecule has 0 spiro atoms. The standard InChI is InChI=1S/C9H5BrClF3O/c10-7(8(11)15)5-1-3-6(4-2-5)9(12,13)14/h1-4,7H. The van der Waals surface area contributed by atoms with E-state index in [4.69, 9.17) is 11.6 Å². The largest absolute Gasteiger partial charge is 0.416 e. The molecule has 1 rings (SSSR count). The summed E-state index contributed by atoms with van der Waals surface area (Å²) in [6.45, 7) is 0. The molecule has 0 saturated heterocycles. The van der Waals surface area contributed by atoms with Crippen LogP contribution in [0.5, 0.6) is 0 Å². The van der Waals surface area contributed by atoms with Crippen molar-refractivity contribution in [2.75, 3.05) is 0 Å². The molecule has 0 aromatic heterocycles. The van der Waals surface area contributed by atoms with Gasteiger partial charge in [-0.15, -0.1) is 0 Å². The van der Waals surface area contributed by atoms with Crippen molar-refractivity contribution < 1.29 is 18.0 Å². The molecule has 0 fully saturated rings. The molecule has 0 bridgehead atoms. The SMILES string of the molecule is O=C(Cl)C(Br)c1ccc(C(F)(F)F)cc1. The second-order valence-corrected chi connectivity index (χ2v) is 4.07. The van der Waals surface area contributed by atoms with Gasteiger partial charge in [-0.2, -0.15) is 13.2 Å². The Labute approximate surface area is 97.4 Å². The number of hydrogen-bond acceptors (Lipinski definition) is 1. The molecule has 0 saturated carbocycles. The van der Waals surface area contributed by atoms with Gasteiger partial charge < -0.3 is 0 Å². The summed E-state index contributed by atoms with van der Waals surface area (Å²) in [6, 6.07) is 4.23. The molecule has 1 aromatic rings. The summed E-state index contributed by atoms with van der Waals surface area (Å²) in [5, 5.41) is -0.672. The second-order valence-electron chi connectivity index (χ2n) is 2.79. The van der Waals surface area contributed by atoms with Crippen LogP contribution in [0.15, 0.2) is 24.3 Å². The number of carbonyl (C=O) groups excluding carboxylic acids is 1. The summed E-state index contributed by atoms with van der Waals surface area (Å²) in [5.41, 5.74) is -0.365. The van der Waals surface area contributed by atoms with Crippen LogP contribution in [-0.2, 0) is 11.0 Å². The Morgan fingerprint density at radius 2 is 1.73 bits per heavy atom. The molecule has 0 aliphatic heterocycles. The molecule has 0 aliphatic carbocycles. The van der Waals surface area contributed by atoms with Crippen molar-refractivity contribution in [1.29, 1.82) is 0 Å². The third kappa shape index (κ3) is 3.21. The van der Waals surface area contributed by atoms with Crippen molar-refractivity contribution in [3.05, 3.63) is 35.4 Å². The van der Waals surface area contributed by atoms with E-state index in [-0.39, 0.29) is 0 Å². The van der Waals surface area contributed by atoms with Crippen LogP contribution in [0.2, 0.25) is 0 Å². The van der Waals surface area contributed by atoms with Gasteiger partial charge in [0.25, 0.3) is 0 Å². The van der Waals surface area contributed by atoms with Crippen LogP contribution in [0.1, 0.15) is 16.0 Å². The van der Waals surface area contributed by atoms with Gasteiger partial charge in [-0.1, -0.05) is 28.1 Å². The van der Waals surface area contributed by atoms with Gasteiger partial charge in [0.1, 0.15) is 4.83 Å². The molecule has 1 atom stereocenters. The van der Waals surface area contributed by atoms with Gasteiger partial charge in [0.05, 0.1) is 5.56 Å². The molecule has 0 heterocycles. The Morgan fingerprint density at radius 3 is 2.07 bits per heavy atom. The highest BCUT2D eigenvalue weighted by Crippen LogP contribution is 2.31. The minimum atomic E-state index is -4.37. The predicted octanol–water partition coefficient (Wildman–Crippen LogP) is 3.91. The van der Waals surface area contributed by atoms with Gasteiger partial charge in [-0.05, 0) is 29.3 Å². The van der Waals surface area contributed by atoms with Gasteiger partial charge in [-0.25, -0.2) is 0 Å². The lowest BCUT2D eigenvalue weighted by atomic mass is 10.1. The van der Waals surface area contributed by atoms with Crippen LogP contribution in [0.3, 0.4) is 0 Å². The molecule has 0 amide bonds. The lowest BCUT2D eigenvalue weighted by Gasteiger charge is -2.08. The molecular formula is C9H5BrClF3O. The molecule has 1 nitrogen and oxygen atoms in total. The van der Waals surface area contributed by atoms with Crippen LogP contribution >= 0.6 is 27.5 Å². The van der Waals surface area contributed by atoms with Crippen LogP contribution in [-0.4, -0.2) is 5.24 Å². The molecule has 6 heteroatoms. The minimum Gasteiger partial charge on any atom is -0.280 e. The maximum atomic E-state index is 12.2. The van der Waals surface area contributed by atoms with E-state index in [9.17, 15) is 18.0 Å². The first-order valence-electron chi connectivity index (χ1n) is 3.83. The maximum Gasteiger partial charge on any atom is 0.416 e. The number of hydrogen-bond donors (Lipinski definition) is 0. The summed E-state index contributed by atoms with van der Waals surface area (Å²) in [5.74, 6) is 0. The minimum absolute atomic E-state index is 0.392. The van der Waals surface area contributed by atoms with Crippen LogP contribution in [0, 0.1) is 0 Å². The predicted molar refractivity (Wildman–Crippen MR) is 54.0 cm³/mol. The van der Waals surface area contributed by atoms with E-state index in [0.717, 1.165) is 12.1 Å². The van der Waals surface area contributed by atoms with Crippen molar-refractivity contribution in [3.8, 4) is 0 Å². The fourth-order valence-electron chi connectivity index (χ4n) is 0.972. The maximum absolute atomic E-state index is 12.2. The molecule has 0 N–H and O–H groups in total. The fourth-order valence-corrected chi connectivity index (χ4v) is 1.40. The Morgan fingerprint density at radius 1 is 1.27 bits per heavy atom. The lowest BCUT2D eigenvalue weighted by molar-refractivity contribution is -0.137. The van der Waals surface area contributed by atoms with E-state index in [1.807, 2.05) is 0 Å². The average molecular weight is 301 g/mol. The average Bonchev–Trinajstić information content (AvgIpc) is 2.15. The Hall–Kier alpha value is -0.550. The number of alkyl halides is 4. The highest BCUT2D eigenvalue weighted by molar-refractivity contribution is 9.09. The molecule has 0 radical (unpaired) electrons. The molecule has 1 unspecified atom stereocenters. The van der Waals surface area contributed by atoms with Crippen LogP contribution in [0.25, 0.3) is 0 Å². The van der Waals surface area contributed by atoms with Gasteiger partial charge >= 0.3 is 6.18 Å². The first-order chi connectivity index (χ1) is 6.82. The van der Waals surface area contributed by atoms with Gasteiger partial charge in [-0.3, -0.25) is 4.79 Å². The summed E-state index contributed by atoms with van der Waals surface area (Å²) >= 11 is 8.15. The van der Waals surface area contributed by atoms with E-state index in [1.165, 1.54) is 12.1 Å². The molecule has 15 heavy (non-hydrogen) atoms. The Bertz CT molecular complexity index is 361. The van der Waals surface area contributed by atoms with Crippen molar-refractivity contribution in [1.82, 2.24) is 0 Å². The van der Waals surface area contributed by atoms with E-state index < -0.39 is 21.8 Å². The van der Waals surface area contributed by atoms with Crippen LogP contribution < -0.4 is 0 Å². The van der Waals surface area contributed by atoms with E-state index in [0.29, 0.717) is 5.56 Å². The van der Waals surface area contributed by atoms with Crippen molar-refractivity contribution >= 4 is 32.8 Å². The Kier molecular flexibility index (Phi) is 3.78. The van der Waals surface area contributed by atoms with E-state index in [1.54, 1.807) is 0 Å². The first kappa shape index (κ1) is 12.5. The van der Waals surface area contributed by atoms with Crippen molar-refractivity contribution in [2.24, 2.45) is 0 Å². The Balaban J connectivity index is 2.95. The fraction of sp³-hybridized carbons (Fsp3) is 0.222. The molecule has 82 valence electrons.